The molecule has 0 heterocycles. The van der Waals surface area contributed by atoms with Crippen LogP contribution in [-0.2, 0) is 9.59 Å². The number of hydrogen-bond acceptors (Lipinski definition) is 2. The van der Waals surface area contributed by atoms with E-state index >= 15 is 0 Å². The van der Waals surface area contributed by atoms with Gasteiger partial charge in [0.25, 0.3) is 0 Å². The molecule has 0 saturated carbocycles. The summed E-state index contributed by atoms with van der Waals surface area (Å²) in [6.07, 6.45) is 3.39. The fraction of sp³-hybridized carbons (Fsp3) is 0.800. The van der Waals surface area contributed by atoms with Crippen LogP contribution < -0.4 is 0 Å². The monoisotopic (exact) mass is 202 g/mol. The van der Waals surface area contributed by atoms with Gasteiger partial charge in [0.1, 0.15) is 0 Å². The highest BCUT2D eigenvalue weighted by Gasteiger charge is 2.12. The molecule has 0 rings (SSSR count). The summed E-state index contributed by atoms with van der Waals surface area (Å²) in [4.78, 5) is 20.7. The van der Waals surface area contributed by atoms with Crippen LogP contribution in [0.15, 0.2) is 0 Å². The summed E-state index contributed by atoms with van der Waals surface area (Å²) in [6.45, 7) is 2.01. The lowest BCUT2D eigenvalue weighted by atomic mass is 9.94. The average Bonchev–Trinajstić information content (AvgIpc) is 2.02. The molecule has 0 aromatic carbocycles. The van der Waals surface area contributed by atoms with Gasteiger partial charge in [-0.05, 0) is 18.8 Å². The highest BCUT2D eigenvalue weighted by molar-refractivity contribution is 5.67. The topological polar surface area (TPSA) is 74.6 Å². The van der Waals surface area contributed by atoms with E-state index in [4.69, 9.17) is 10.2 Å². The lowest BCUT2D eigenvalue weighted by molar-refractivity contribution is -0.138. The summed E-state index contributed by atoms with van der Waals surface area (Å²) >= 11 is 0. The molecule has 4 nitrogen and oxygen atoms in total. The number of rotatable bonds is 8. The van der Waals surface area contributed by atoms with Gasteiger partial charge in [-0.25, -0.2) is 0 Å². The maximum absolute atomic E-state index is 10.5. The molecule has 0 aliphatic carbocycles. The highest BCUT2D eigenvalue weighted by atomic mass is 16.4. The minimum atomic E-state index is -0.810. The minimum absolute atomic E-state index is 0.136. The summed E-state index contributed by atoms with van der Waals surface area (Å²) in [5.74, 6) is -1.47. The molecule has 0 aliphatic rings. The summed E-state index contributed by atoms with van der Waals surface area (Å²) in [6, 6.07) is 0. The lowest BCUT2D eigenvalue weighted by Crippen LogP contribution is -2.08. The number of carboxylic acid groups (broad SMARTS) is 2. The van der Waals surface area contributed by atoms with Crippen molar-refractivity contribution in [1.29, 1.82) is 0 Å². The number of aliphatic carboxylic acids is 2. The van der Waals surface area contributed by atoms with Gasteiger partial charge >= 0.3 is 11.9 Å². The van der Waals surface area contributed by atoms with Crippen molar-refractivity contribution in [3.63, 3.8) is 0 Å². The molecule has 0 aromatic heterocycles. The van der Waals surface area contributed by atoms with E-state index in [1.807, 2.05) is 6.92 Å². The molecular weight excluding hydrogens is 184 g/mol. The second-order valence-corrected chi connectivity index (χ2v) is 3.54. The van der Waals surface area contributed by atoms with Crippen LogP contribution >= 0.6 is 0 Å². The molecule has 82 valence electrons. The summed E-state index contributed by atoms with van der Waals surface area (Å²) in [5.41, 5.74) is 0. The predicted molar refractivity (Wildman–Crippen MR) is 52.1 cm³/mol. The van der Waals surface area contributed by atoms with E-state index < -0.39 is 11.9 Å². The molecule has 0 bridgehead atoms. The Morgan fingerprint density at radius 1 is 1.14 bits per heavy atom. The van der Waals surface area contributed by atoms with Crippen molar-refractivity contribution in [2.45, 2.75) is 45.4 Å². The Bertz CT molecular complexity index is 189. The van der Waals surface area contributed by atoms with Crippen molar-refractivity contribution in [1.82, 2.24) is 0 Å². The first-order valence-corrected chi connectivity index (χ1v) is 4.99. The van der Waals surface area contributed by atoms with E-state index in [9.17, 15) is 9.59 Å². The first kappa shape index (κ1) is 12.9. The Balaban J connectivity index is 3.72. The van der Waals surface area contributed by atoms with Gasteiger partial charge < -0.3 is 10.2 Å². The molecule has 1 unspecified atom stereocenters. The van der Waals surface area contributed by atoms with E-state index in [0.29, 0.717) is 12.8 Å². The van der Waals surface area contributed by atoms with Gasteiger partial charge in [-0.2, -0.15) is 0 Å². The molecular formula is C10H18O4. The van der Waals surface area contributed by atoms with Crippen LogP contribution in [0, 0.1) is 5.92 Å². The molecule has 4 heteroatoms. The zero-order chi connectivity index (χ0) is 11.0. The number of carboxylic acids is 2. The Morgan fingerprint density at radius 3 is 2.21 bits per heavy atom. The Labute approximate surface area is 83.9 Å². The van der Waals surface area contributed by atoms with Gasteiger partial charge in [-0.3, -0.25) is 9.59 Å². The zero-order valence-electron chi connectivity index (χ0n) is 8.53. The molecule has 1 atom stereocenters. The summed E-state index contributed by atoms with van der Waals surface area (Å²) < 4.78 is 0. The maximum atomic E-state index is 10.5. The fourth-order valence-electron chi connectivity index (χ4n) is 1.55. The lowest BCUT2D eigenvalue weighted by Gasteiger charge is -2.12. The second-order valence-electron chi connectivity index (χ2n) is 3.54. The smallest absolute Gasteiger partial charge is 0.303 e. The van der Waals surface area contributed by atoms with Crippen molar-refractivity contribution in [2.75, 3.05) is 0 Å². The standard InChI is InChI=1S/C10H18O4/c1-2-4-8(7-10(13)14)5-3-6-9(11)12/h8H,2-7H2,1H3,(H,11,12)(H,13,14). The minimum Gasteiger partial charge on any atom is -0.481 e. The van der Waals surface area contributed by atoms with Gasteiger partial charge in [0.15, 0.2) is 0 Å². The third-order valence-corrected chi connectivity index (χ3v) is 2.16. The van der Waals surface area contributed by atoms with E-state index in [1.165, 1.54) is 0 Å². The van der Waals surface area contributed by atoms with Crippen molar-refractivity contribution in [2.24, 2.45) is 5.92 Å². The Hall–Kier alpha value is -1.06. The maximum Gasteiger partial charge on any atom is 0.303 e. The third kappa shape index (κ3) is 7.58. The van der Waals surface area contributed by atoms with Crippen LogP contribution in [-0.4, -0.2) is 22.2 Å². The third-order valence-electron chi connectivity index (χ3n) is 2.16. The number of carbonyl (C=O) groups is 2. The van der Waals surface area contributed by atoms with Crippen LogP contribution in [0.1, 0.15) is 45.4 Å². The Kier molecular flexibility index (Phi) is 6.80. The SMILES string of the molecule is CCCC(CCCC(=O)O)CC(=O)O. The first-order chi connectivity index (χ1) is 6.56. The summed E-state index contributed by atoms with van der Waals surface area (Å²) in [7, 11) is 0. The van der Waals surface area contributed by atoms with Gasteiger partial charge in [-0.1, -0.05) is 19.8 Å². The average molecular weight is 202 g/mol. The van der Waals surface area contributed by atoms with Gasteiger partial charge in [0, 0.05) is 12.8 Å². The molecule has 0 spiro atoms. The van der Waals surface area contributed by atoms with Gasteiger partial charge in [-0.15, -0.1) is 0 Å². The van der Waals surface area contributed by atoms with E-state index in [1.54, 1.807) is 0 Å². The Morgan fingerprint density at radius 2 is 1.79 bits per heavy atom. The van der Waals surface area contributed by atoms with Gasteiger partial charge in [0.05, 0.1) is 0 Å². The first-order valence-electron chi connectivity index (χ1n) is 4.99. The molecule has 0 radical (unpaired) electrons. The van der Waals surface area contributed by atoms with E-state index in [0.717, 1.165) is 12.8 Å². The van der Waals surface area contributed by atoms with Crippen LogP contribution in [0.2, 0.25) is 0 Å². The second kappa shape index (κ2) is 7.35. The van der Waals surface area contributed by atoms with Crippen molar-refractivity contribution in [3.8, 4) is 0 Å². The number of hydrogen-bond donors (Lipinski definition) is 2. The van der Waals surface area contributed by atoms with Crippen LogP contribution in [0.3, 0.4) is 0 Å². The van der Waals surface area contributed by atoms with Gasteiger partial charge in [0.2, 0.25) is 0 Å². The van der Waals surface area contributed by atoms with Crippen LogP contribution in [0.5, 0.6) is 0 Å². The predicted octanol–water partition coefficient (Wildman–Crippen LogP) is 2.13. The molecule has 0 amide bonds. The van der Waals surface area contributed by atoms with Crippen molar-refractivity contribution in [3.05, 3.63) is 0 Å². The van der Waals surface area contributed by atoms with Crippen molar-refractivity contribution >= 4 is 11.9 Å². The van der Waals surface area contributed by atoms with E-state index in [2.05, 4.69) is 0 Å². The normalized spacial score (nSPS) is 12.4. The quantitative estimate of drug-likeness (QED) is 0.632. The largest absolute Gasteiger partial charge is 0.481 e. The molecule has 14 heavy (non-hydrogen) atoms. The van der Waals surface area contributed by atoms with E-state index in [-0.39, 0.29) is 18.8 Å². The molecule has 0 aliphatic heterocycles. The molecule has 0 saturated heterocycles. The molecule has 0 aromatic rings. The van der Waals surface area contributed by atoms with Crippen LogP contribution in [0.25, 0.3) is 0 Å². The molecule has 0 fully saturated rings. The molecule has 2 N–H and O–H groups in total. The zero-order valence-corrected chi connectivity index (χ0v) is 8.53. The van der Waals surface area contributed by atoms with Crippen LogP contribution in [0.4, 0.5) is 0 Å². The fourth-order valence-corrected chi connectivity index (χ4v) is 1.55. The highest BCUT2D eigenvalue weighted by Crippen LogP contribution is 2.18. The van der Waals surface area contributed by atoms with Crippen molar-refractivity contribution < 1.29 is 19.8 Å². The summed E-state index contributed by atoms with van der Waals surface area (Å²) in [5, 5.41) is 17.0.